The Morgan fingerprint density at radius 1 is 1.38 bits per heavy atom. The lowest BCUT2D eigenvalue weighted by Crippen LogP contribution is -2.36. The average Bonchev–Trinajstić information content (AvgIpc) is 3.06. The standard InChI is InChI=1S/C15H22N4OS/c1-4-19-12(3)14(11(2)18-19)10-17-15(20)16-8-7-13-6-5-9-21-13/h5-6,9H,4,7-8,10H2,1-3H3,(H2,16,17,20). The first-order chi connectivity index (χ1) is 10.1. The summed E-state index contributed by atoms with van der Waals surface area (Å²) in [5.74, 6) is 0. The molecular formula is C15H22N4OS. The Balaban J connectivity index is 1.77. The largest absolute Gasteiger partial charge is 0.338 e. The van der Waals surface area contributed by atoms with Crippen molar-refractivity contribution in [3.8, 4) is 0 Å². The number of nitrogens with one attached hydrogen (secondary N) is 2. The van der Waals surface area contributed by atoms with Gasteiger partial charge in [0.05, 0.1) is 5.69 Å². The molecule has 2 aromatic rings. The number of amides is 2. The predicted octanol–water partition coefficient (Wildman–Crippen LogP) is 2.62. The van der Waals surface area contributed by atoms with Crippen LogP contribution in [0, 0.1) is 13.8 Å². The predicted molar refractivity (Wildman–Crippen MR) is 85.6 cm³/mol. The van der Waals surface area contributed by atoms with Gasteiger partial charge in [-0.2, -0.15) is 5.10 Å². The van der Waals surface area contributed by atoms with Gasteiger partial charge in [0.1, 0.15) is 0 Å². The van der Waals surface area contributed by atoms with Crippen molar-refractivity contribution in [2.24, 2.45) is 0 Å². The van der Waals surface area contributed by atoms with Crippen molar-refractivity contribution in [2.75, 3.05) is 6.54 Å². The van der Waals surface area contributed by atoms with E-state index in [9.17, 15) is 4.79 Å². The third-order valence-electron chi connectivity index (χ3n) is 3.49. The average molecular weight is 306 g/mol. The highest BCUT2D eigenvalue weighted by atomic mass is 32.1. The van der Waals surface area contributed by atoms with Crippen molar-refractivity contribution < 1.29 is 4.79 Å². The first kappa shape index (κ1) is 15.6. The zero-order valence-corrected chi connectivity index (χ0v) is 13.6. The molecule has 0 aliphatic heterocycles. The molecule has 0 saturated heterocycles. The van der Waals surface area contributed by atoms with Gasteiger partial charge >= 0.3 is 6.03 Å². The van der Waals surface area contributed by atoms with Crippen molar-refractivity contribution in [1.82, 2.24) is 20.4 Å². The Hall–Kier alpha value is -1.82. The van der Waals surface area contributed by atoms with Gasteiger partial charge in [-0.3, -0.25) is 4.68 Å². The SMILES string of the molecule is CCn1nc(C)c(CNC(=O)NCCc2cccs2)c1C. The summed E-state index contributed by atoms with van der Waals surface area (Å²) in [6, 6.07) is 3.97. The number of urea groups is 1. The summed E-state index contributed by atoms with van der Waals surface area (Å²) in [5, 5.41) is 12.3. The van der Waals surface area contributed by atoms with Crippen LogP contribution < -0.4 is 10.6 Å². The van der Waals surface area contributed by atoms with E-state index < -0.39 is 0 Å². The van der Waals surface area contributed by atoms with Crippen LogP contribution in [-0.2, 0) is 19.5 Å². The number of hydrogen-bond donors (Lipinski definition) is 2. The summed E-state index contributed by atoms with van der Waals surface area (Å²) < 4.78 is 1.96. The van der Waals surface area contributed by atoms with Crippen molar-refractivity contribution in [2.45, 2.75) is 40.3 Å². The number of aryl methyl sites for hydroxylation is 2. The summed E-state index contributed by atoms with van der Waals surface area (Å²) >= 11 is 1.71. The summed E-state index contributed by atoms with van der Waals surface area (Å²) in [6.45, 7) is 8.09. The topological polar surface area (TPSA) is 59.0 Å². The van der Waals surface area contributed by atoms with Crippen LogP contribution in [0.1, 0.15) is 28.8 Å². The molecule has 2 amide bonds. The van der Waals surface area contributed by atoms with Crippen LogP contribution in [0.3, 0.4) is 0 Å². The highest BCUT2D eigenvalue weighted by molar-refractivity contribution is 7.09. The molecule has 114 valence electrons. The molecule has 0 spiro atoms. The molecule has 2 heterocycles. The molecule has 0 aliphatic rings. The molecular weight excluding hydrogens is 284 g/mol. The minimum atomic E-state index is -0.130. The quantitative estimate of drug-likeness (QED) is 0.862. The van der Waals surface area contributed by atoms with Crippen LogP contribution in [0.5, 0.6) is 0 Å². The van der Waals surface area contributed by atoms with Gasteiger partial charge in [-0.05, 0) is 38.6 Å². The number of rotatable bonds is 6. The van der Waals surface area contributed by atoms with Gasteiger partial charge in [-0.15, -0.1) is 11.3 Å². The minimum Gasteiger partial charge on any atom is -0.338 e. The van der Waals surface area contributed by atoms with E-state index in [1.807, 2.05) is 30.0 Å². The lowest BCUT2D eigenvalue weighted by atomic mass is 10.2. The smallest absolute Gasteiger partial charge is 0.315 e. The molecule has 21 heavy (non-hydrogen) atoms. The second-order valence-electron chi connectivity index (χ2n) is 4.90. The van der Waals surface area contributed by atoms with E-state index in [1.54, 1.807) is 11.3 Å². The van der Waals surface area contributed by atoms with Gasteiger partial charge in [-0.25, -0.2) is 4.79 Å². The van der Waals surface area contributed by atoms with Gasteiger partial charge in [0.2, 0.25) is 0 Å². The molecule has 0 aromatic carbocycles. The highest BCUT2D eigenvalue weighted by Gasteiger charge is 2.11. The Morgan fingerprint density at radius 3 is 2.81 bits per heavy atom. The molecule has 0 fully saturated rings. The van der Waals surface area contributed by atoms with E-state index in [1.165, 1.54) is 4.88 Å². The molecule has 2 aromatic heterocycles. The van der Waals surface area contributed by atoms with E-state index in [2.05, 4.69) is 28.7 Å². The van der Waals surface area contributed by atoms with Crippen molar-refractivity contribution in [3.05, 3.63) is 39.3 Å². The van der Waals surface area contributed by atoms with Crippen LogP contribution in [0.15, 0.2) is 17.5 Å². The Morgan fingerprint density at radius 2 is 2.19 bits per heavy atom. The monoisotopic (exact) mass is 306 g/mol. The molecule has 2 rings (SSSR count). The van der Waals surface area contributed by atoms with Gasteiger partial charge in [0, 0.05) is 35.8 Å². The maximum atomic E-state index is 11.8. The maximum Gasteiger partial charge on any atom is 0.315 e. The fourth-order valence-electron chi connectivity index (χ4n) is 2.28. The van der Waals surface area contributed by atoms with Gasteiger partial charge in [0.15, 0.2) is 0 Å². The van der Waals surface area contributed by atoms with Crippen molar-refractivity contribution in [1.29, 1.82) is 0 Å². The van der Waals surface area contributed by atoms with Crippen LogP contribution in [0.25, 0.3) is 0 Å². The van der Waals surface area contributed by atoms with Crippen LogP contribution in [-0.4, -0.2) is 22.4 Å². The third kappa shape index (κ3) is 4.07. The molecule has 6 heteroatoms. The number of carbonyl (C=O) groups is 1. The van der Waals surface area contributed by atoms with Crippen molar-refractivity contribution in [3.63, 3.8) is 0 Å². The molecule has 0 unspecified atom stereocenters. The number of aromatic nitrogens is 2. The number of carbonyl (C=O) groups excluding carboxylic acids is 1. The zero-order valence-electron chi connectivity index (χ0n) is 12.8. The van der Waals surface area contributed by atoms with E-state index in [4.69, 9.17) is 0 Å². The first-order valence-corrected chi connectivity index (χ1v) is 8.06. The number of thiophene rings is 1. The van der Waals surface area contributed by atoms with Crippen LogP contribution >= 0.6 is 11.3 Å². The second kappa shape index (κ2) is 7.26. The lowest BCUT2D eigenvalue weighted by molar-refractivity contribution is 0.240. The van der Waals surface area contributed by atoms with E-state index in [0.29, 0.717) is 13.1 Å². The lowest BCUT2D eigenvalue weighted by Gasteiger charge is -2.08. The van der Waals surface area contributed by atoms with Gasteiger partial charge in [-0.1, -0.05) is 6.07 Å². The zero-order chi connectivity index (χ0) is 15.2. The second-order valence-corrected chi connectivity index (χ2v) is 5.94. The van der Waals surface area contributed by atoms with Crippen LogP contribution in [0.2, 0.25) is 0 Å². The highest BCUT2D eigenvalue weighted by Crippen LogP contribution is 2.12. The fourth-order valence-corrected chi connectivity index (χ4v) is 2.99. The Bertz CT molecular complexity index is 589. The van der Waals surface area contributed by atoms with E-state index in [0.717, 1.165) is 29.9 Å². The molecule has 0 radical (unpaired) electrons. The summed E-state index contributed by atoms with van der Waals surface area (Å²) in [4.78, 5) is 13.1. The molecule has 0 aliphatic carbocycles. The summed E-state index contributed by atoms with van der Waals surface area (Å²) in [6.07, 6.45) is 0.872. The fraction of sp³-hybridized carbons (Fsp3) is 0.467. The van der Waals surface area contributed by atoms with E-state index >= 15 is 0 Å². The first-order valence-electron chi connectivity index (χ1n) is 7.18. The van der Waals surface area contributed by atoms with Gasteiger partial charge in [0.25, 0.3) is 0 Å². The minimum absolute atomic E-state index is 0.130. The summed E-state index contributed by atoms with van der Waals surface area (Å²) in [5.41, 5.74) is 3.20. The normalized spacial score (nSPS) is 10.6. The van der Waals surface area contributed by atoms with Gasteiger partial charge < -0.3 is 10.6 Å². The third-order valence-corrected chi connectivity index (χ3v) is 4.43. The van der Waals surface area contributed by atoms with Crippen molar-refractivity contribution >= 4 is 17.4 Å². The van der Waals surface area contributed by atoms with Crippen LogP contribution in [0.4, 0.5) is 4.79 Å². The molecule has 0 saturated carbocycles. The molecule has 2 N–H and O–H groups in total. The molecule has 5 nitrogen and oxygen atoms in total. The Kier molecular flexibility index (Phi) is 5.38. The van der Waals surface area contributed by atoms with E-state index in [-0.39, 0.29) is 6.03 Å². The summed E-state index contributed by atoms with van der Waals surface area (Å²) in [7, 11) is 0. The number of hydrogen-bond acceptors (Lipinski definition) is 3. The molecule has 0 bridgehead atoms. The number of nitrogens with zero attached hydrogens (tertiary/aromatic N) is 2. The molecule has 0 atom stereocenters. The maximum absolute atomic E-state index is 11.8. The Labute approximate surface area is 129 Å².